The number of nitrogens with one attached hydrogen (secondary N) is 2. The summed E-state index contributed by atoms with van der Waals surface area (Å²) in [4.78, 5) is 33.2. The summed E-state index contributed by atoms with van der Waals surface area (Å²) in [6, 6.07) is 11.6. The Morgan fingerprint density at radius 1 is 1.03 bits per heavy atom. The van der Waals surface area contributed by atoms with Crippen molar-refractivity contribution in [2.75, 3.05) is 0 Å². The molecule has 10 heteroatoms. The molecular weight excluding hydrogens is 509 g/mol. The highest BCUT2D eigenvalue weighted by Gasteiger charge is 2.31. The maximum atomic E-state index is 13.5. The van der Waals surface area contributed by atoms with Crippen LogP contribution in [0.3, 0.4) is 0 Å². The molecule has 0 unspecified atom stereocenters. The van der Waals surface area contributed by atoms with E-state index in [1.54, 1.807) is 51.1 Å². The molecule has 1 fully saturated rings. The molecule has 0 aliphatic heterocycles. The van der Waals surface area contributed by atoms with Crippen LogP contribution in [0.1, 0.15) is 85.4 Å². The molecular formula is C29H31F3N4O3. The Morgan fingerprint density at radius 2 is 1.72 bits per heavy atom. The van der Waals surface area contributed by atoms with Crippen LogP contribution in [-0.4, -0.2) is 27.6 Å². The first-order valence-electron chi connectivity index (χ1n) is 12.7. The van der Waals surface area contributed by atoms with Crippen LogP contribution in [0.4, 0.5) is 18.0 Å². The summed E-state index contributed by atoms with van der Waals surface area (Å²) in [6.07, 6.45) is -1.67. The second-order valence-corrected chi connectivity index (χ2v) is 10.6. The van der Waals surface area contributed by atoms with Crippen LogP contribution < -0.4 is 10.6 Å². The lowest BCUT2D eigenvalue weighted by atomic mass is 9.95. The number of hydrogen-bond donors (Lipinski definition) is 2. The van der Waals surface area contributed by atoms with Gasteiger partial charge in [0.1, 0.15) is 17.6 Å². The van der Waals surface area contributed by atoms with Gasteiger partial charge in [-0.25, -0.2) is 14.8 Å². The molecule has 0 spiro atoms. The summed E-state index contributed by atoms with van der Waals surface area (Å²) in [5.41, 5.74) is 1.79. The topological polar surface area (TPSA) is 93.2 Å². The minimum Gasteiger partial charge on any atom is -0.444 e. The lowest BCUT2D eigenvalue weighted by Gasteiger charge is -2.20. The van der Waals surface area contributed by atoms with Crippen molar-refractivity contribution in [3.8, 4) is 11.1 Å². The van der Waals surface area contributed by atoms with Gasteiger partial charge in [-0.05, 0) is 81.0 Å². The molecule has 1 aromatic heterocycles. The molecule has 1 atom stereocenters. The van der Waals surface area contributed by atoms with Crippen LogP contribution in [0, 0.1) is 0 Å². The van der Waals surface area contributed by atoms with Crippen molar-refractivity contribution < 1.29 is 27.5 Å². The molecule has 3 aromatic rings. The number of rotatable bonds is 7. The molecule has 39 heavy (non-hydrogen) atoms. The lowest BCUT2D eigenvalue weighted by molar-refractivity contribution is -0.137. The Morgan fingerprint density at radius 3 is 2.33 bits per heavy atom. The van der Waals surface area contributed by atoms with Crippen LogP contribution in [0.5, 0.6) is 0 Å². The molecule has 7 nitrogen and oxygen atoms in total. The zero-order chi connectivity index (χ0) is 28.4. The Kier molecular flexibility index (Phi) is 7.94. The van der Waals surface area contributed by atoms with E-state index >= 15 is 0 Å². The van der Waals surface area contributed by atoms with Gasteiger partial charge in [0.25, 0.3) is 5.91 Å². The Hall–Kier alpha value is -3.95. The highest BCUT2D eigenvalue weighted by Crippen LogP contribution is 2.39. The van der Waals surface area contributed by atoms with Gasteiger partial charge in [-0.1, -0.05) is 30.3 Å². The largest absolute Gasteiger partial charge is 0.444 e. The molecule has 2 aromatic carbocycles. The van der Waals surface area contributed by atoms with E-state index in [0.717, 1.165) is 36.2 Å². The minimum atomic E-state index is -4.52. The van der Waals surface area contributed by atoms with E-state index in [0.29, 0.717) is 28.3 Å². The Bertz CT molecular complexity index is 1350. The van der Waals surface area contributed by atoms with Crippen molar-refractivity contribution in [1.82, 2.24) is 20.6 Å². The van der Waals surface area contributed by atoms with Crippen LogP contribution in [0.25, 0.3) is 11.1 Å². The monoisotopic (exact) mass is 540 g/mol. The standard InChI is InChI=1S/C29H31F3N4O3/c1-17(36-26(37)25-14-24(20-9-10-20)34-16-35-25)18-5-7-19(8-6-18)23-13-22(29(30,31)32)12-11-21(23)15-33-27(38)39-28(2,3)4/h5-8,11-14,16-17,20H,9-10,15H2,1-4H3,(H,33,38)(H,36,37)/t17-/m1/s1. The van der Waals surface area contributed by atoms with E-state index < -0.39 is 23.4 Å². The maximum Gasteiger partial charge on any atom is 0.416 e. The van der Waals surface area contributed by atoms with Crippen molar-refractivity contribution in [3.05, 3.63) is 82.9 Å². The number of amides is 2. The second kappa shape index (κ2) is 11.0. The molecule has 1 heterocycles. The number of carbonyl (C=O) groups excluding carboxylic acids is 2. The summed E-state index contributed by atoms with van der Waals surface area (Å²) in [5, 5.41) is 5.52. The minimum absolute atomic E-state index is 0.0155. The van der Waals surface area contributed by atoms with Crippen LogP contribution in [0.2, 0.25) is 0 Å². The van der Waals surface area contributed by atoms with Gasteiger partial charge in [0.2, 0.25) is 0 Å². The van der Waals surface area contributed by atoms with E-state index in [2.05, 4.69) is 20.6 Å². The number of nitrogens with zero attached hydrogens (tertiary/aromatic N) is 2. The van der Waals surface area contributed by atoms with Crippen molar-refractivity contribution in [2.45, 2.75) is 70.8 Å². The van der Waals surface area contributed by atoms with Crippen LogP contribution in [0.15, 0.2) is 54.9 Å². The van der Waals surface area contributed by atoms with Crippen molar-refractivity contribution in [2.24, 2.45) is 0 Å². The fourth-order valence-corrected chi connectivity index (χ4v) is 4.06. The molecule has 206 valence electrons. The molecule has 0 bridgehead atoms. The fraction of sp³-hybridized carbons (Fsp3) is 0.379. The Balaban J connectivity index is 1.51. The van der Waals surface area contributed by atoms with Crippen molar-refractivity contribution >= 4 is 12.0 Å². The van der Waals surface area contributed by atoms with Crippen LogP contribution >= 0.6 is 0 Å². The number of ether oxygens (including phenoxy) is 1. The summed E-state index contributed by atoms with van der Waals surface area (Å²) >= 11 is 0. The zero-order valence-electron chi connectivity index (χ0n) is 22.2. The van der Waals surface area contributed by atoms with Gasteiger partial charge >= 0.3 is 12.3 Å². The number of halogens is 3. The highest BCUT2D eigenvalue weighted by atomic mass is 19.4. The molecule has 1 saturated carbocycles. The molecule has 1 aliphatic rings. The van der Waals surface area contributed by atoms with E-state index in [9.17, 15) is 22.8 Å². The van der Waals surface area contributed by atoms with Gasteiger partial charge in [0.05, 0.1) is 11.6 Å². The van der Waals surface area contributed by atoms with Gasteiger partial charge in [-0.3, -0.25) is 4.79 Å². The predicted molar refractivity (Wildman–Crippen MR) is 140 cm³/mol. The molecule has 4 rings (SSSR count). The number of carbonyl (C=O) groups is 2. The quantitative estimate of drug-likeness (QED) is 0.354. The summed E-state index contributed by atoms with van der Waals surface area (Å²) < 4.78 is 45.7. The van der Waals surface area contributed by atoms with Gasteiger partial charge in [-0.2, -0.15) is 13.2 Å². The average molecular weight is 541 g/mol. The van der Waals surface area contributed by atoms with Crippen molar-refractivity contribution in [1.29, 1.82) is 0 Å². The smallest absolute Gasteiger partial charge is 0.416 e. The second-order valence-electron chi connectivity index (χ2n) is 10.6. The highest BCUT2D eigenvalue weighted by molar-refractivity contribution is 5.92. The lowest BCUT2D eigenvalue weighted by Crippen LogP contribution is -2.32. The number of alkyl carbamates (subject to hydrolysis) is 1. The van der Waals surface area contributed by atoms with Gasteiger partial charge in [0, 0.05) is 18.2 Å². The number of alkyl halides is 3. The van der Waals surface area contributed by atoms with E-state index in [1.807, 2.05) is 6.92 Å². The normalized spacial score (nSPS) is 14.4. The summed E-state index contributed by atoms with van der Waals surface area (Å²) in [6.45, 7) is 6.97. The van der Waals surface area contributed by atoms with E-state index in [-0.39, 0.29) is 18.5 Å². The summed E-state index contributed by atoms with van der Waals surface area (Å²) in [7, 11) is 0. The van der Waals surface area contributed by atoms with Gasteiger partial charge < -0.3 is 15.4 Å². The molecule has 2 amide bonds. The Labute approximate surface area is 225 Å². The van der Waals surface area contributed by atoms with Crippen molar-refractivity contribution in [3.63, 3.8) is 0 Å². The molecule has 1 aliphatic carbocycles. The number of benzene rings is 2. The maximum absolute atomic E-state index is 13.5. The van der Waals surface area contributed by atoms with Gasteiger partial charge in [-0.15, -0.1) is 0 Å². The zero-order valence-corrected chi connectivity index (χ0v) is 22.2. The first-order valence-corrected chi connectivity index (χ1v) is 12.7. The predicted octanol–water partition coefficient (Wildman–Crippen LogP) is 6.56. The molecule has 0 saturated heterocycles. The first-order chi connectivity index (χ1) is 18.3. The SMILES string of the molecule is C[C@@H](NC(=O)c1cc(C2CC2)ncn1)c1ccc(-c2cc(C(F)(F)F)ccc2CNC(=O)OC(C)(C)C)cc1. The van der Waals surface area contributed by atoms with Gasteiger partial charge in [0.15, 0.2) is 0 Å². The summed E-state index contributed by atoms with van der Waals surface area (Å²) in [5.74, 6) is 0.0638. The number of aromatic nitrogens is 2. The third-order valence-corrected chi connectivity index (χ3v) is 6.25. The van der Waals surface area contributed by atoms with E-state index in [4.69, 9.17) is 4.74 Å². The number of hydrogen-bond acceptors (Lipinski definition) is 5. The fourth-order valence-electron chi connectivity index (χ4n) is 4.06. The third-order valence-electron chi connectivity index (χ3n) is 6.25. The average Bonchev–Trinajstić information content (AvgIpc) is 3.72. The third kappa shape index (κ3) is 7.55. The van der Waals surface area contributed by atoms with E-state index in [1.165, 1.54) is 12.4 Å². The van der Waals surface area contributed by atoms with Crippen LogP contribution in [-0.2, 0) is 17.5 Å². The first kappa shape index (κ1) is 28.1. The molecule has 2 N–H and O–H groups in total. The molecule has 0 radical (unpaired) electrons.